The Morgan fingerprint density at radius 2 is 1.60 bits per heavy atom. The van der Waals surface area contributed by atoms with E-state index in [-0.39, 0.29) is 17.9 Å². The van der Waals surface area contributed by atoms with E-state index in [2.05, 4.69) is 46.4 Å². The Hall–Kier alpha value is -2.57. The Kier molecular flexibility index (Phi) is 10.4. The maximum atomic E-state index is 13.6. The van der Waals surface area contributed by atoms with Crippen LogP contribution in [-0.2, 0) is 28.3 Å². The number of nitrogens with one attached hydrogen (secondary N) is 1. The van der Waals surface area contributed by atoms with Gasteiger partial charge in [0.2, 0.25) is 11.8 Å². The molecule has 3 aromatic rings. The molecule has 0 spiro atoms. The second-order valence-electron chi connectivity index (χ2n) is 9.00. The molecule has 3 aromatic carbocycles. The fourth-order valence-electron chi connectivity index (χ4n) is 3.86. The van der Waals surface area contributed by atoms with Crippen LogP contribution in [0.25, 0.3) is 0 Å². The van der Waals surface area contributed by atoms with Crippen LogP contribution >= 0.6 is 27.7 Å². The van der Waals surface area contributed by atoms with Gasteiger partial charge in [-0.25, -0.2) is 0 Å². The summed E-state index contributed by atoms with van der Waals surface area (Å²) in [5, 5.41) is 3.03. The highest BCUT2D eigenvalue weighted by Crippen LogP contribution is 2.20. The average Bonchev–Trinajstić information content (AvgIpc) is 2.82. The second-order valence-corrected chi connectivity index (χ2v) is 10.9. The second kappa shape index (κ2) is 13.5. The van der Waals surface area contributed by atoms with Gasteiger partial charge in [0.25, 0.3) is 0 Å². The number of hydrogen-bond donors (Lipinski definition) is 1. The highest BCUT2D eigenvalue weighted by Gasteiger charge is 2.30. The van der Waals surface area contributed by atoms with Gasteiger partial charge >= 0.3 is 0 Å². The summed E-state index contributed by atoms with van der Waals surface area (Å²) in [7, 11) is 0. The number of rotatable bonds is 11. The molecule has 0 bridgehead atoms. The predicted molar refractivity (Wildman–Crippen MR) is 149 cm³/mol. The van der Waals surface area contributed by atoms with Crippen molar-refractivity contribution in [2.75, 3.05) is 5.75 Å². The molecule has 1 atom stereocenters. The van der Waals surface area contributed by atoms with Gasteiger partial charge in [0.15, 0.2) is 0 Å². The molecule has 4 nitrogen and oxygen atoms in total. The summed E-state index contributed by atoms with van der Waals surface area (Å²) >= 11 is 5.06. The van der Waals surface area contributed by atoms with Crippen LogP contribution in [0.5, 0.6) is 0 Å². The summed E-state index contributed by atoms with van der Waals surface area (Å²) in [4.78, 5) is 28.7. The lowest BCUT2D eigenvalue weighted by Gasteiger charge is -2.32. The largest absolute Gasteiger partial charge is 0.352 e. The molecule has 0 heterocycles. The number of nitrogens with zero attached hydrogens (tertiary/aromatic N) is 1. The minimum absolute atomic E-state index is 0.0129. The minimum atomic E-state index is -0.601. The van der Waals surface area contributed by atoms with Gasteiger partial charge in [-0.3, -0.25) is 9.59 Å². The van der Waals surface area contributed by atoms with Gasteiger partial charge in [0.1, 0.15) is 6.04 Å². The number of thioether (sulfide) groups is 1. The molecular weight excluding hydrogens is 520 g/mol. The molecule has 2 amide bonds. The van der Waals surface area contributed by atoms with Gasteiger partial charge < -0.3 is 10.2 Å². The van der Waals surface area contributed by atoms with E-state index in [0.29, 0.717) is 18.7 Å². The molecule has 0 saturated heterocycles. The first-order chi connectivity index (χ1) is 16.8. The minimum Gasteiger partial charge on any atom is -0.352 e. The van der Waals surface area contributed by atoms with Crippen molar-refractivity contribution in [1.82, 2.24) is 10.2 Å². The van der Waals surface area contributed by atoms with Gasteiger partial charge in [-0.15, -0.1) is 11.8 Å². The van der Waals surface area contributed by atoms with E-state index in [0.717, 1.165) is 21.4 Å². The zero-order chi connectivity index (χ0) is 25.2. The molecule has 0 aliphatic heterocycles. The highest BCUT2D eigenvalue weighted by atomic mass is 79.9. The van der Waals surface area contributed by atoms with Crippen molar-refractivity contribution in [1.29, 1.82) is 0 Å². The summed E-state index contributed by atoms with van der Waals surface area (Å²) in [6.45, 7) is 6.33. The SMILES string of the molecule is Cc1cccc(CSCC(=O)N(Cc2ccc(Br)cc2)[C@H](Cc2ccccc2)C(=O)NC(C)C)c1. The maximum Gasteiger partial charge on any atom is 0.243 e. The van der Waals surface area contributed by atoms with E-state index in [9.17, 15) is 9.59 Å². The van der Waals surface area contributed by atoms with Crippen LogP contribution in [0, 0.1) is 6.92 Å². The topological polar surface area (TPSA) is 49.4 Å². The average molecular weight is 554 g/mol. The molecule has 35 heavy (non-hydrogen) atoms. The third kappa shape index (κ3) is 8.86. The molecule has 0 unspecified atom stereocenters. The summed E-state index contributed by atoms with van der Waals surface area (Å²) in [6.07, 6.45) is 0.463. The third-order valence-corrected chi connectivity index (χ3v) is 7.06. The van der Waals surface area contributed by atoms with Crippen LogP contribution < -0.4 is 5.32 Å². The summed E-state index contributed by atoms with van der Waals surface area (Å²) < 4.78 is 0.978. The fraction of sp³-hybridized carbons (Fsp3) is 0.310. The zero-order valence-electron chi connectivity index (χ0n) is 20.5. The highest BCUT2D eigenvalue weighted by molar-refractivity contribution is 9.10. The zero-order valence-corrected chi connectivity index (χ0v) is 22.9. The third-order valence-electron chi connectivity index (χ3n) is 5.54. The van der Waals surface area contributed by atoms with Crippen LogP contribution in [0.4, 0.5) is 0 Å². The van der Waals surface area contributed by atoms with Crippen LogP contribution in [0.15, 0.2) is 83.3 Å². The number of carbonyl (C=O) groups is 2. The van der Waals surface area contributed by atoms with E-state index in [1.165, 1.54) is 11.1 Å². The molecule has 0 aromatic heterocycles. The van der Waals surface area contributed by atoms with Crippen molar-refractivity contribution in [3.63, 3.8) is 0 Å². The standard InChI is InChI=1S/C29H33BrN2O2S/c1-21(2)31-29(34)27(17-23-9-5-4-6-10-23)32(18-24-12-14-26(30)15-13-24)28(33)20-35-19-25-11-7-8-22(3)16-25/h4-16,21,27H,17-20H2,1-3H3,(H,31,34)/t27-/m1/s1. The van der Waals surface area contributed by atoms with Crippen molar-refractivity contribution < 1.29 is 9.59 Å². The smallest absolute Gasteiger partial charge is 0.243 e. The first-order valence-electron chi connectivity index (χ1n) is 11.8. The van der Waals surface area contributed by atoms with Gasteiger partial charge in [-0.1, -0.05) is 88.2 Å². The Labute approximate surface area is 221 Å². The van der Waals surface area contributed by atoms with Gasteiger partial charge in [-0.05, 0) is 49.6 Å². The lowest BCUT2D eigenvalue weighted by molar-refractivity contribution is -0.139. The molecule has 184 valence electrons. The first kappa shape index (κ1) is 27.0. The molecule has 0 radical (unpaired) electrons. The van der Waals surface area contributed by atoms with Crippen molar-refractivity contribution in [3.8, 4) is 0 Å². The van der Waals surface area contributed by atoms with E-state index in [1.54, 1.807) is 16.7 Å². The Morgan fingerprint density at radius 3 is 2.26 bits per heavy atom. The Bertz CT molecular complexity index is 1100. The number of amides is 2. The molecular formula is C29H33BrN2O2S. The van der Waals surface area contributed by atoms with Crippen molar-refractivity contribution in [3.05, 3.63) is 106 Å². The van der Waals surface area contributed by atoms with Crippen molar-refractivity contribution >= 4 is 39.5 Å². The Balaban J connectivity index is 1.84. The van der Waals surface area contributed by atoms with Crippen LogP contribution in [0.2, 0.25) is 0 Å². The molecule has 0 fully saturated rings. The maximum absolute atomic E-state index is 13.6. The summed E-state index contributed by atoms with van der Waals surface area (Å²) in [5.74, 6) is 0.898. The number of aryl methyl sites for hydroxylation is 1. The van der Waals surface area contributed by atoms with E-state index in [1.807, 2.05) is 74.5 Å². The predicted octanol–water partition coefficient (Wildman–Crippen LogP) is 6.16. The molecule has 0 saturated carbocycles. The monoisotopic (exact) mass is 552 g/mol. The van der Waals surface area contributed by atoms with Gasteiger partial charge in [0.05, 0.1) is 5.75 Å². The van der Waals surface area contributed by atoms with Crippen LogP contribution in [0.1, 0.15) is 36.1 Å². The van der Waals surface area contributed by atoms with Gasteiger partial charge in [0, 0.05) is 29.2 Å². The lowest BCUT2D eigenvalue weighted by Crippen LogP contribution is -2.52. The number of carbonyl (C=O) groups excluding carboxylic acids is 2. The summed E-state index contributed by atoms with van der Waals surface area (Å²) in [6, 6.07) is 25.5. The fourth-order valence-corrected chi connectivity index (χ4v) is 4.98. The summed E-state index contributed by atoms with van der Waals surface area (Å²) in [5.41, 5.74) is 4.42. The van der Waals surface area contributed by atoms with E-state index in [4.69, 9.17) is 0 Å². The van der Waals surface area contributed by atoms with Crippen molar-refractivity contribution in [2.45, 2.75) is 51.6 Å². The number of hydrogen-bond acceptors (Lipinski definition) is 3. The van der Waals surface area contributed by atoms with Crippen LogP contribution in [0.3, 0.4) is 0 Å². The molecule has 0 aliphatic carbocycles. The first-order valence-corrected chi connectivity index (χ1v) is 13.8. The molecule has 3 rings (SSSR count). The molecule has 0 aliphatic rings. The number of benzene rings is 3. The quantitative estimate of drug-likeness (QED) is 0.310. The Morgan fingerprint density at radius 1 is 0.914 bits per heavy atom. The van der Waals surface area contributed by atoms with Crippen molar-refractivity contribution in [2.24, 2.45) is 0 Å². The van der Waals surface area contributed by atoms with E-state index >= 15 is 0 Å². The van der Waals surface area contributed by atoms with E-state index < -0.39 is 6.04 Å². The number of halogens is 1. The van der Waals surface area contributed by atoms with Gasteiger partial charge in [-0.2, -0.15) is 0 Å². The molecule has 1 N–H and O–H groups in total. The normalized spacial score (nSPS) is 11.8. The van der Waals surface area contributed by atoms with Crippen LogP contribution in [-0.4, -0.2) is 34.6 Å². The lowest BCUT2D eigenvalue weighted by atomic mass is 10.0. The molecule has 6 heteroatoms.